The Morgan fingerprint density at radius 1 is 1.36 bits per heavy atom. The standard InChI is InChI=1S/C15H19F3N2O2/c1-10-12(20-14(21)11-5-7-19-8-6-11)3-2-4-13(10)22-9-15(16,17)18/h2-4,11,19H,5-9H2,1H3,(H,20,21). The Morgan fingerprint density at radius 2 is 2.05 bits per heavy atom. The number of anilines is 1. The van der Waals surface area contributed by atoms with Gasteiger partial charge in [-0.2, -0.15) is 13.2 Å². The molecule has 1 aliphatic heterocycles. The van der Waals surface area contributed by atoms with Crippen molar-refractivity contribution in [3.63, 3.8) is 0 Å². The van der Waals surface area contributed by atoms with E-state index in [4.69, 9.17) is 4.74 Å². The molecule has 0 unspecified atom stereocenters. The molecule has 0 atom stereocenters. The number of rotatable bonds is 4. The van der Waals surface area contributed by atoms with E-state index in [-0.39, 0.29) is 17.6 Å². The number of hydrogen-bond donors (Lipinski definition) is 2. The monoisotopic (exact) mass is 316 g/mol. The van der Waals surface area contributed by atoms with Gasteiger partial charge in [-0.15, -0.1) is 0 Å². The second-order valence-corrected chi connectivity index (χ2v) is 5.35. The molecular weight excluding hydrogens is 297 g/mol. The molecule has 1 aromatic rings. The number of amides is 1. The Bertz CT molecular complexity index is 526. The second kappa shape index (κ2) is 7.00. The van der Waals surface area contributed by atoms with Crippen LogP contribution in [0.2, 0.25) is 0 Å². The largest absolute Gasteiger partial charge is 0.484 e. The Balaban J connectivity index is 2.03. The van der Waals surface area contributed by atoms with E-state index in [0.717, 1.165) is 25.9 Å². The molecular formula is C15H19F3N2O2. The molecule has 1 aliphatic rings. The van der Waals surface area contributed by atoms with Crippen LogP contribution in [0.1, 0.15) is 18.4 Å². The van der Waals surface area contributed by atoms with Crippen LogP contribution in [0.15, 0.2) is 18.2 Å². The fraction of sp³-hybridized carbons (Fsp3) is 0.533. The van der Waals surface area contributed by atoms with Crippen LogP contribution < -0.4 is 15.4 Å². The third-order valence-corrected chi connectivity index (χ3v) is 3.64. The highest BCUT2D eigenvalue weighted by Crippen LogP contribution is 2.28. The van der Waals surface area contributed by atoms with Gasteiger partial charge in [-0.1, -0.05) is 6.07 Å². The zero-order valence-electron chi connectivity index (χ0n) is 12.3. The van der Waals surface area contributed by atoms with Crippen LogP contribution in [0.4, 0.5) is 18.9 Å². The van der Waals surface area contributed by atoms with Crippen molar-refractivity contribution in [2.24, 2.45) is 5.92 Å². The summed E-state index contributed by atoms with van der Waals surface area (Å²) in [5.74, 6) is -0.0431. The lowest BCUT2D eigenvalue weighted by Crippen LogP contribution is -2.34. The van der Waals surface area contributed by atoms with Gasteiger partial charge in [-0.05, 0) is 45.0 Å². The Hall–Kier alpha value is -1.76. The van der Waals surface area contributed by atoms with E-state index < -0.39 is 12.8 Å². The third-order valence-electron chi connectivity index (χ3n) is 3.64. The van der Waals surface area contributed by atoms with Gasteiger partial charge in [0.25, 0.3) is 0 Å². The first-order valence-corrected chi connectivity index (χ1v) is 7.17. The average Bonchev–Trinajstić information content (AvgIpc) is 2.48. The third kappa shape index (κ3) is 4.62. The molecule has 2 rings (SSSR count). The lowest BCUT2D eigenvalue weighted by molar-refractivity contribution is -0.153. The van der Waals surface area contributed by atoms with Gasteiger partial charge in [0.1, 0.15) is 5.75 Å². The number of benzene rings is 1. The Kier molecular flexibility index (Phi) is 5.28. The van der Waals surface area contributed by atoms with Crippen LogP contribution >= 0.6 is 0 Å². The number of alkyl halides is 3. The maximum absolute atomic E-state index is 12.2. The molecule has 1 aromatic carbocycles. The molecule has 1 amide bonds. The van der Waals surface area contributed by atoms with Gasteiger partial charge in [-0.3, -0.25) is 4.79 Å². The molecule has 1 saturated heterocycles. The summed E-state index contributed by atoms with van der Waals surface area (Å²) in [6, 6.07) is 4.69. The summed E-state index contributed by atoms with van der Waals surface area (Å²) in [6.45, 7) is 1.88. The predicted molar refractivity (Wildman–Crippen MR) is 77.0 cm³/mol. The molecule has 122 valence electrons. The van der Waals surface area contributed by atoms with Gasteiger partial charge in [0.05, 0.1) is 0 Å². The zero-order valence-corrected chi connectivity index (χ0v) is 12.3. The highest BCUT2D eigenvalue weighted by molar-refractivity contribution is 5.93. The molecule has 0 bridgehead atoms. The topological polar surface area (TPSA) is 50.4 Å². The van der Waals surface area contributed by atoms with E-state index in [1.807, 2.05) is 0 Å². The second-order valence-electron chi connectivity index (χ2n) is 5.35. The normalized spacial score (nSPS) is 16.4. The van der Waals surface area contributed by atoms with Crippen LogP contribution in [0.3, 0.4) is 0 Å². The van der Waals surface area contributed by atoms with Crippen molar-refractivity contribution < 1.29 is 22.7 Å². The molecule has 0 saturated carbocycles. The first-order chi connectivity index (χ1) is 10.4. The van der Waals surface area contributed by atoms with Crippen molar-refractivity contribution in [2.75, 3.05) is 25.0 Å². The lowest BCUT2D eigenvalue weighted by atomic mass is 9.97. The van der Waals surface area contributed by atoms with Crippen molar-refractivity contribution in [1.82, 2.24) is 5.32 Å². The molecule has 7 heteroatoms. The molecule has 0 radical (unpaired) electrons. The van der Waals surface area contributed by atoms with Crippen molar-refractivity contribution >= 4 is 11.6 Å². The van der Waals surface area contributed by atoms with Gasteiger partial charge in [-0.25, -0.2) is 0 Å². The first kappa shape index (κ1) is 16.6. The van der Waals surface area contributed by atoms with E-state index >= 15 is 0 Å². The van der Waals surface area contributed by atoms with E-state index in [9.17, 15) is 18.0 Å². The van der Waals surface area contributed by atoms with Gasteiger partial charge in [0.2, 0.25) is 5.91 Å². The summed E-state index contributed by atoms with van der Waals surface area (Å²) in [6.07, 6.45) is -2.87. The fourth-order valence-corrected chi connectivity index (χ4v) is 2.38. The van der Waals surface area contributed by atoms with Crippen LogP contribution in [0, 0.1) is 12.8 Å². The van der Waals surface area contributed by atoms with E-state index in [0.29, 0.717) is 11.3 Å². The summed E-state index contributed by atoms with van der Waals surface area (Å²) < 4.78 is 41.5. The number of hydrogen-bond acceptors (Lipinski definition) is 3. The molecule has 4 nitrogen and oxygen atoms in total. The molecule has 1 heterocycles. The van der Waals surface area contributed by atoms with Gasteiger partial charge < -0.3 is 15.4 Å². The molecule has 0 spiro atoms. The van der Waals surface area contributed by atoms with E-state index in [1.54, 1.807) is 19.1 Å². The fourth-order valence-electron chi connectivity index (χ4n) is 2.38. The molecule has 0 aliphatic carbocycles. The van der Waals surface area contributed by atoms with Crippen molar-refractivity contribution in [3.05, 3.63) is 23.8 Å². The number of halogens is 3. The maximum Gasteiger partial charge on any atom is 0.422 e. The van der Waals surface area contributed by atoms with Gasteiger partial charge in [0.15, 0.2) is 6.61 Å². The summed E-state index contributed by atoms with van der Waals surface area (Å²) in [5, 5.41) is 5.97. The lowest BCUT2D eigenvalue weighted by Gasteiger charge is -2.22. The predicted octanol–water partition coefficient (Wildman–Crippen LogP) is 2.87. The summed E-state index contributed by atoms with van der Waals surface area (Å²) >= 11 is 0. The summed E-state index contributed by atoms with van der Waals surface area (Å²) in [5.41, 5.74) is 0.984. The van der Waals surface area contributed by atoms with Crippen molar-refractivity contribution in [2.45, 2.75) is 25.9 Å². The number of nitrogens with one attached hydrogen (secondary N) is 2. The average molecular weight is 316 g/mol. The van der Waals surface area contributed by atoms with Crippen LogP contribution in [-0.2, 0) is 4.79 Å². The van der Waals surface area contributed by atoms with Crippen LogP contribution in [0.5, 0.6) is 5.75 Å². The smallest absolute Gasteiger partial charge is 0.422 e. The van der Waals surface area contributed by atoms with Crippen LogP contribution in [0.25, 0.3) is 0 Å². The van der Waals surface area contributed by atoms with E-state index in [1.165, 1.54) is 6.07 Å². The number of ether oxygens (including phenoxy) is 1. The Morgan fingerprint density at radius 3 is 2.68 bits per heavy atom. The minimum atomic E-state index is -4.39. The van der Waals surface area contributed by atoms with Gasteiger partial charge in [0, 0.05) is 17.2 Å². The first-order valence-electron chi connectivity index (χ1n) is 7.17. The van der Waals surface area contributed by atoms with Crippen LogP contribution in [-0.4, -0.2) is 31.8 Å². The highest BCUT2D eigenvalue weighted by atomic mass is 19.4. The number of carbonyl (C=O) groups is 1. The van der Waals surface area contributed by atoms with Crippen molar-refractivity contribution in [3.8, 4) is 5.75 Å². The molecule has 0 aromatic heterocycles. The maximum atomic E-state index is 12.2. The molecule has 22 heavy (non-hydrogen) atoms. The number of piperidine rings is 1. The quantitative estimate of drug-likeness (QED) is 0.898. The number of carbonyl (C=O) groups excluding carboxylic acids is 1. The Labute approximate surface area is 127 Å². The zero-order chi connectivity index (χ0) is 16.2. The van der Waals surface area contributed by atoms with E-state index in [2.05, 4.69) is 10.6 Å². The minimum absolute atomic E-state index is 0.0691. The molecule has 2 N–H and O–H groups in total. The van der Waals surface area contributed by atoms with Crippen molar-refractivity contribution in [1.29, 1.82) is 0 Å². The SMILES string of the molecule is Cc1c(NC(=O)C2CCNCC2)cccc1OCC(F)(F)F. The minimum Gasteiger partial charge on any atom is -0.484 e. The summed E-state index contributed by atoms with van der Waals surface area (Å²) in [4.78, 5) is 12.2. The summed E-state index contributed by atoms with van der Waals surface area (Å²) in [7, 11) is 0. The molecule has 1 fully saturated rings. The highest BCUT2D eigenvalue weighted by Gasteiger charge is 2.29. The van der Waals surface area contributed by atoms with Gasteiger partial charge >= 0.3 is 6.18 Å².